The van der Waals surface area contributed by atoms with Crippen molar-refractivity contribution in [3.05, 3.63) is 22.7 Å². The van der Waals surface area contributed by atoms with Crippen LogP contribution in [0.1, 0.15) is 0 Å². The minimum absolute atomic E-state index is 0.181. The van der Waals surface area contributed by atoms with Crippen molar-refractivity contribution in [1.29, 1.82) is 0 Å². The van der Waals surface area contributed by atoms with Crippen LogP contribution < -0.4 is 10.1 Å². The molecule has 0 aromatic heterocycles. The van der Waals surface area contributed by atoms with Gasteiger partial charge in [-0.15, -0.1) is 0 Å². The fraction of sp³-hybridized carbons (Fsp3) is 0.300. The summed E-state index contributed by atoms with van der Waals surface area (Å²) >= 11 is 2.99. The Labute approximate surface area is 112 Å². The second-order valence-corrected chi connectivity index (χ2v) is 4.32. The van der Waals surface area contributed by atoms with E-state index in [4.69, 9.17) is 4.74 Å². The molecule has 0 spiro atoms. The molecule has 0 radical (unpaired) electrons. The summed E-state index contributed by atoms with van der Waals surface area (Å²) < 4.78 is 66.4. The molecule has 0 aliphatic carbocycles. The van der Waals surface area contributed by atoms with Crippen molar-refractivity contribution in [2.45, 2.75) is 12.1 Å². The molecule has 0 aliphatic heterocycles. The van der Waals surface area contributed by atoms with Gasteiger partial charge in [0.1, 0.15) is 5.75 Å². The Balaban J connectivity index is 2.97. The lowest BCUT2D eigenvalue weighted by Gasteiger charge is -2.18. The van der Waals surface area contributed by atoms with Crippen LogP contribution in [-0.4, -0.2) is 25.1 Å². The van der Waals surface area contributed by atoms with Crippen molar-refractivity contribution in [1.82, 2.24) is 0 Å². The van der Waals surface area contributed by atoms with Crippen LogP contribution >= 0.6 is 15.9 Å². The van der Waals surface area contributed by atoms with Gasteiger partial charge in [0.25, 0.3) is 0 Å². The molecule has 1 aromatic carbocycles. The highest BCUT2D eigenvalue weighted by molar-refractivity contribution is 9.10. The van der Waals surface area contributed by atoms with E-state index in [2.05, 4.69) is 15.9 Å². The first-order valence-corrected chi connectivity index (χ1v) is 5.48. The summed E-state index contributed by atoms with van der Waals surface area (Å²) in [5, 5.41) is 1.49. The van der Waals surface area contributed by atoms with E-state index in [-0.39, 0.29) is 11.4 Å². The van der Waals surface area contributed by atoms with Crippen LogP contribution in [0.3, 0.4) is 0 Å². The van der Waals surface area contributed by atoms with Crippen molar-refractivity contribution in [3.8, 4) is 5.75 Å². The predicted octanol–water partition coefficient (Wildman–Crippen LogP) is 3.59. The van der Waals surface area contributed by atoms with E-state index in [1.165, 1.54) is 18.5 Å². The zero-order valence-electron chi connectivity index (χ0n) is 9.32. The van der Waals surface area contributed by atoms with Crippen LogP contribution in [-0.2, 0) is 4.79 Å². The molecule has 0 saturated heterocycles. The van der Waals surface area contributed by atoms with Crippen LogP contribution in [0.5, 0.6) is 5.75 Å². The molecule has 19 heavy (non-hydrogen) atoms. The third kappa shape index (κ3) is 3.55. The van der Waals surface area contributed by atoms with Crippen molar-refractivity contribution >= 4 is 27.5 Å². The summed E-state index contributed by atoms with van der Waals surface area (Å²) in [6.45, 7) is 0. The second kappa shape index (κ2) is 5.32. The van der Waals surface area contributed by atoms with E-state index >= 15 is 0 Å². The van der Waals surface area contributed by atoms with E-state index in [9.17, 15) is 26.7 Å². The molecule has 0 fully saturated rings. The van der Waals surface area contributed by atoms with E-state index in [0.29, 0.717) is 4.47 Å². The number of alkyl halides is 5. The van der Waals surface area contributed by atoms with Gasteiger partial charge in [0.05, 0.1) is 7.11 Å². The normalized spacial score (nSPS) is 12.2. The predicted molar refractivity (Wildman–Crippen MR) is 60.3 cm³/mol. The fourth-order valence-electron chi connectivity index (χ4n) is 1.09. The first-order chi connectivity index (χ1) is 8.57. The molecule has 1 aromatic rings. The Morgan fingerprint density at radius 1 is 1.21 bits per heavy atom. The molecule has 0 unspecified atom stereocenters. The zero-order valence-corrected chi connectivity index (χ0v) is 10.9. The topological polar surface area (TPSA) is 38.3 Å². The Bertz CT molecular complexity index is 489. The van der Waals surface area contributed by atoms with Gasteiger partial charge in [-0.3, -0.25) is 4.79 Å². The minimum atomic E-state index is -5.95. The van der Waals surface area contributed by atoms with Crippen molar-refractivity contribution < 1.29 is 31.5 Å². The van der Waals surface area contributed by atoms with E-state index < -0.39 is 18.0 Å². The number of hydrogen-bond donors (Lipinski definition) is 1. The number of carbonyl (C=O) groups is 1. The summed E-state index contributed by atoms with van der Waals surface area (Å²) in [7, 11) is 1.28. The Morgan fingerprint density at radius 2 is 1.79 bits per heavy atom. The molecule has 0 saturated carbocycles. The second-order valence-electron chi connectivity index (χ2n) is 3.41. The average molecular weight is 348 g/mol. The monoisotopic (exact) mass is 347 g/mol. The molecule has 1 N–H and O–H groups in total. The molecule has 1 amide bonds. The lowest BCUT2D eigenvalue weighted by molar-refractivity contribution is -0.267. The largest absolute Gasteiger partial charge is 0.497 e. The number of anilines is 1. The van der Waals surface area contributed by atoms with Gasteiger partial charge in [-0.25, -0.2) is 0 Å². The molecule has 3 nitrogen and oxygen atoms in total. The Kier molecular flexibility index (Phi) is 4.39. The summed E-state index contributed by atoms with van der Waals surface area (Å²) in [6.07, 6.45) is -5.95. The average Bonchev–Trinajstić information content (AvgIpc) is 2.26. The summed E-state index contributed by atoms with van der Waals surface area (Å²) in [5.41, 5.74) is -0.250. The number of methoxy groups -OCH3 is 1. The number of benzene rings is 1. The molecular formula is C10H7BrF5NO2. The first kappa shape index (κ1) is 15.7. The van der Waals surface area contributed by atoms with Crippen LogP contribution in [0.2, 0.25) is 0 Å². The zero-order chi connectivity index (χ0) is 14.8. The lowest BCUT2D eigenvalue weighted by atomic mass is 10.2. The van der Waals surface area contributed by atoms with Crippen LogP contribution in [0.4, 0.5) is 27.6 Å². The number of nitrogens with one attached hydrogen (secondary N) is 1. The van der Waals surface area contributed by atoms with E-state index in [1.807, 2.05) is 0 Å². The summed E-state index contributed by atoms with van der Waals surface area (Å²) in [4.78, 5) is 11.0. The molecule has 1 rings (SSSR count). The van der Waals surface area contributed by atoms with Crippen molar-refractivity contribution in [3.63, 3.8) is 0 Å². The van der Waals surface area contributed by atoms with Gasteiger partial charge in [0.2, 0.25) is 0 Å². The van der Waals surface area contributed by atoms with Crippen LogP contribution in [0, 0.1) is 0 Å². The number of carbonyl (C=O) groups excluding carboxylic acids is 1. The Morgan fingerprint density at radius 3 is 2.26 bits per heavy atom. The Hall–Kier alpha value is -1.38. The van der Waals surface area contributed by atoms with Gasteiger partial charge in [-0.2, -0.15) is 22.0 Å². The van der Waals surface area contributed by atoms with Crippen molar-refractivity contribution in [2.75, 3.05) is 12.4 Å². The van der Waals surface area contributed by atoms with Crippen LogP contribution in [0.25, 0.3) is 0 Å². The van der Waals surface area contributed by atoms with Crippen molar-refractivity contribution in [2.24, 2.45) is 0 Å². The third-order valence-corrected chi connectivity index (χ3v) is 2.46. The number of ether oxygens (including phenoxy) is 1. The maximum absolute atomic E-state index is 12.7. The summed E-state index contributed by atoms with van der Waals surface area (Å²) in [6, 6.07) is 3.71. The highest BCUT2D eigenvalue weighted by Gasteiger charge is 2.63. The minimum Gasteiger partial charge on any atom is -0.497 e. The standard InChI is InChI=1S/C10H7BrF5NO2/c1-19-7-3-5(11)2-6(4-7)17-8(18)9(12,13)10(14,15)16/h2-4H,1H3,(H,17,18). The first-order valence-electron chi connectivity index (χ1n) is 4.68. The molecule has 0 aliphatic rings. The SMILES string of the molecule is COc1cc(Br)cc(NC(=O)C(F)(F)C(F)(F)F)c1. The fourth-order valence-corrected chi connectivity index (χ4v) is 1.56. The van der Waals surface area contributed by atoms with Gasteiger partial charge >= 0.3 is 18.0 Å². The van der Waals surface area contributed by atoms with Gasteiger partial charge in [-0.1, -0.05) is 15.9 Å². The molecule has 0 heterocycles. The maximum Gasteiger partial charge on any atom is 0.463 e. The number of halogens is 6. The molecule has 0 atom stereocenters. The van der Waals surface area contributed by atoms with Gasteiger partial charge in [0, 0.05) is 16.2 Å². The molecule has 106 valence electrons. The van der Waals surface area contributed by atoms with E-state index in [0.717, 1.165) is 12.1 Å². The molecule has 9 heteroatoms. The quantitative estimate of drug-likeness (QED) is 0.848. The van der Waals surface area contributed by atoms with Gasteiger partial charge in [-0.05, 0) is 12.1 Å². The summed E-state index contributed by atoms with van der Waals surface area (Å²) in [5.74, 6) is -7.75. The number of amides is 1. The number of hydrogen-bond acceptors (Lipinski definition) is 2. The highest BCUT2D eigenvalue weighted by atomic mass is 79.9. The smallest absolute Gasteiger partial charge is 0.463 e. The maximum atomic E-state index is 12.7. The van der Waals surface area contributed by atoms with E-state index in [1.54, 1.807) is 0 Å². The highest BCUT2D eigenvalue weighted by Crippen LogP contribution is 2.36. The molecule has 0 bridgehead atoms. The molecular weight excluding hydrogens is 341 g/mol. The lowest BCUT2D eigenvalue weighted by Crippen LogP contribution is -2.47. The van der Waals surface area contributed by atoms with Crippen LogP contribution in [0.15, 0.2) is 22.7 Å². The van der Waals surface area contributed by atoms with Gasteiger partial charge < -0.3 is 10.1 Å². The van der Waals surface area contributed by atoms with Gasteiger partial charge in [0.15, 0.2) is 0 Å². The number of rotatable bonds is 3. The third-order valence-electron chi connectivity index (χ3n) is 2.01.